The van der Waals surface area contributed by atoms with Gasteiger partial charge in [-0.25, -0.2) is 0 Å². The molecule has 1 aromatic carbocycles. The van der Waals surface area contributed by atoms with Gasteiger partial charge in [-0.3, -0.25) is 4.79 Å². The number of rotatable bonds is 6. The predicted octanol–water partition coefficient (Wildman–Crippen LogP) is 3.62. The van der Waals surface area contributed by atoms with Gasteiger partial charge in [-0.15, -0.1) is 6.58 Å². The molecule has 1 saturated heterocycles. The van der Waals surface area contributed by atoms with Crippen LogP contribution in [0.15, 0.2) is 42.7 Å². The van der Waals surface area contributed by atoms with Crippen molar-refractivity contribution >= 4 is 5.78 Å². The number of carbonyl (C=O) groups is 1. The van der Waals surface area contributed by atoms with E-state index >= 15 is 0 Å². The Balaban J connectivity index is 1.87. The Kier molecular flexibility index (Phi) is 5.10. The fourth-order valence-electron chi connectivity index (χ4n) is 3.95. The molecule has 0 amide bonds. The van der Waals surface area contributed by atoms with Gasteiger partial charge in [0.15, 0.2) is 24.1 Å². The number of hydrogen-bond donors (Lipinski definition) is 1. The van der Waals surface area contributed by atoms with Gasteiger partial charge >= 0.3 is 0 Å². The molecule has 3 rings (SSSR count). The number of hydrogen-bond acceptors (Lipinski definition) is 5. The molecule has 0 bridgehead atoms. The lowest BCUT2D eigenvalue weighted by molar-refractivity contribution is -0.124. The summed E-state index contributed by atoms with van der Waals surface area (Å²) in [5.74, 6) is 1.23. The van der Waals surface area contributed by atoms with E-state index in [0.29, 0.717) is 24.4 Å². The third-order valence-corrected chi connectivity index (χ3v) is 5.70. The summed E-state index contributed by atoms with van der Waals surface area (Å²) in [7, 11) is 1.52. The largest absolute Gasteiger partial charge is 0.504 e. The molecule has 0 saturated carbocycles. The van der Waals surface area contributed by atoms with Gasteiger partial charge in [0.1, 0.15) is 11.4 Å². The molecular formula is C21H26O5. The molecule has 26 heavy (non-hydrogen) atoms. The van der Waals surface area contributed by atoms with Crippen molar-refractivity contribution in [2.24, 2.45) is 17.8 Å². The minimum Gasteiger partial charge on any atom is -0.504 e. The van der Waals surface area contributed by atoms with Crippen molar-refractivity contribution in [3.05, 3.63) is 48.3 Å². The topological polar surface area (TPSA) is 65.0 Å². The highest BCUT2D eigenvalue weighted by Crippen LogP contribution is 2.47. The van der Waals surface area contributed by atoms with Crippen LogP contribution in [0.1, 0.15) is 25.8 Å². The zero-order chi connectivity index (χ0) is 18.9. The maximum atomic E-state index is 12.5. The lowest BCUT2D eigenvalue weighted by Gasteiger charge is -2.39. The standard InChI is InChI=1S/C21H26O5/c1-5-13(2)16-11-21(20(10-17(16)22)25-12-26-21)14(3)8-15-6-7-19(24-4)18(23)9-15/h5-7,9-10,13-14,16,23H,1,8,11-12H2,2-4H3/t13?,14?,16?,21-/m1/s1. The molecule has 1 N–H and O–H groups in total. The Morgan fingerprint density at radius 2 is 2.23 bits per heavy atom. The zero-order valence-corrected chi connectivity index (χ0v) is 15.5. The van der Waals surface area contributed by atoms with Gasteiger partial charge in [-0.1, -0.05) is 26.0 Å². The van der Waals surface area contributed by atoms with E-state index in [1.54, 1.807) is 18.2 Å². The lowest BCUT2D eigenvalue weighted by atomic mass is 9.69. The van der Waals surface area contributed by atoms with Crippen LogP contribution in [0.4, 0.5) is 0 Å². The molecule has 3 unspecified atom stereocenters. The third kappa shape index (κ3) is 3.12. The predicted molar refractivity (Wildman–Crippen MR) is 97.9 cm³/mol. The Bertz CT molecular complexity index is 738. The second-order valence-electron chi connectivity index (χ2n) is 7.22. The average Bonchev–Trinajstić information content (AvgIpc) is 3.04. The van der Waals surface area contributed by atoms with Gasteiger partial charge < -0.3 is 19.3 Å². The van der Waals surface area contributed by atoms with E-state index in [-0.39, 0.29) is 36.1 Å². The highest BCUT2D eigenvalue weighted by atomic mass is 16.7. The van der Waals surface area contributed by atoms with E-state index in [9.17, 15) is 9.90 Å². The van der Waals surface area contributed by atoms with E-state index in [1.807, 2.05) is 19.1 Å². The number of carbonyl (C=O) groups excluding carboxylic acids is 1. The summed E-state index contributed by atoms with van der Waals surface area (Å²) < 4.78 is 16.8. The van der Waals surface area contributed by atoms with Crippen molar-refractivity contribution in [2.45, 2.75) is 32.3 Å². The number of benzene rings is 1. The normalized spacial score (nSPS) is 27.1. The van der Waals surface area contributed by atoms with Crippen LogP contribution < -0.4 is 4.74 Å². The van der Waals surface area contributed by atoms with Crippen LogP contribution in [0.5, 0.6) is 11.5 Å². The summed E-state index contributed by atoms with van der Waals surface area (Å²) in [6.07, 6.45) is 4.68. The highest BCUT2D eigenvalue weighted by Gasteiger charge is 2.52. The number of fused-ring (bicyclic) bond motifs is 1. The van der Waals surface area contributed by atoms with Crippen molar-refractivity contribution in [1.29, 1.82) is 0 Å². The first kappa shape index (κ1) is 18.5. The molecule has 0 aromatic heterocycles. The van der Waals surface area contributed by atoms with Crippen LogP contribution in [-0.4, -0.2) is 30.4 Å². The number of phenolic OH excluding ortho intramolecular Hbond substituents is 1. The Labute approximate surface area is 154 Å². The number of methoxy groups -OCH3 is 1. The van der Waals surface area contributed by atoms with E-state index in [4.69, 9.17) is 14.2 Å². The molecule has 4 atom stereocenters. The number of allylic oxidation sites excluding steroid dienone is 2. The van der Waals surface area contributed by atoms with Crippen molar-refractivity contribution in [3.63, 3.8) is 0 Å². The van der Waals surface area contributed by atoms with Crippen LogP contribution in [0, 0.1) is 17.8 Å². The van der Waals surface area contributed by atoms with E-state index in [0.717, 1.165) is 5.56 Å². The fraction of sp³-hybridized carbons (Fsp3) is 0.476. The maximum absolute atomic E-state index is 12.5. The van der Waals surface area contributed by atoms with Crippen molar-refractivity contribution < 1.29 is 24.1 Å². The first-order valence-electron chi connectivity index (χ1n) is 8.92. The number of aromatic hydroxyl groups is 1. The fourth-order valence-corrected chi connectivity index (χ4v) is 3.95. The van der Waals surface area contributed by atoms with Crippen LogP contribution in [0.3, 0.4) is 0 Å². The highest BCUT2D eigenvalue weighted by molar-refractivity contribution is 5.94. The van der Waals surface area contributed by atoms with Crippen LogP contribution in [0.25, 0.3) is 0 Å². The average molecular weight is 358 g/mol. The Morgan fingerprint density at radius 3 is 2.88 bits per heavy atom. The van der Waals surface area contributed by atoms with E-state index in [1.165, 1.54) is 7.11 Å². The zero-order valence-electron chi connectivity index (χ0n) is 15.5. The third-order valence-electron chi connectivity index (χ3n) is 5.70. The Hall–Kier alpha value is -2.27. The van der Waals surface area contributed by atoms with Gasteiger partial charge in [0.05, 0.1) is 7.11 Å². The van der Waals surface area contributed by atoms with Gasteiger partial charge in [0.25, 0.3) is 0 Å². The van der Waals surface area contributed by atoms with Crippen LogP contribution >= 0.6 is 0 Å². The molecule has 5 heteroatoms. The van der Waals surface area contributed by atoms with Gasteiger partial charge in [0, 0.05) is 12.0 Å². The van der Waals surface area contributed by atoms with Gasteiger partial charge in [-0.2, -0.15) is 0 Å². The summed E-state index contributed by atoms with van der Waals surface area (Å²) in [6.45, 7) is 8.09. The SMILES string of the molecule is C=CC(C)C1C[C@]2(C(C)Cc3ccc(OC)c(O)c3)OCOC2=CC1=O. The maximum Gasteiger partial charge on any atom is 0.189 e. The molecule has 1 fully saturated rings. The van der Waals surface area contributed by atoms with Crippen molar-refractivity contribution in [2.75, 3.05) is 13.9 Å². The summed E-state index contributed by atoms with van der Waals surface area (Å²) >= 11 is 0. The molecule has 1 heterocycles. The monoisotopic (exact) mass is 358 g/mol. The van der Waals surface area contributed by atoms with E-state index < -0.39 is 5.60 Å². The minimum absolute atomic E-state index is 0.0664. The molecule has 5 nitrogen and oxygen atoms in total. The van der Waals surface area contributed by atoms with Gasteiger partial charge in [0.2, 0.25) is 0 Å². The quantitative estimate of drug-likeness (QED) is 0.787. The molecule has 1 aromatic rings. The summed E-state index contributed by atoms with van der Waals surface area (Å²) in [6, 6.07) is 5.40. The molecular weight excluding hydrogens is 332 g/mol. The Morgan fingerprint density at radius 1 is 1.46 bits per heavy atom. The lowest BCUT2D eigenvalue weighted by Crippen LogP contribution is -2.46. The number of phenols is 1. The second kappa shape index (κ2) is 7.16. The molecule has 0 spiro atoms. The molecule has 140 valence electrons. The summed E-state index contributed by atoms with van der Waals surface area (Å²) in [5.41, 5.74) is 0.357. The first-order chi connectivity index (χ1) is 12.4. The number of ketones is 1. The summed E-state index contributed by atoms with van der Waals surface area (Å²) in [5, 5.41) is 10.0. The molecule has 1 aliphatic heterocycles. The minimum atomic E-state index is -0.620. The smallest absolute Gasteiger partial charge is 0.189 e. The summed E-state index contributed by atoms with van der Waals surface area (Å²) in [4.78, 5) is 12.5. The molecule has 0 radical (unpaired) electrons. The van der Waals surface area contributed by atoms with E-state index in [2.05, 4.69) is 13.5 Å². The van der Waals surface area contributed by atoms with Gasteiger partial charge in [-0.05, 0) is 42.4 Å². The van der Waals surface area contributed by atoms with Crippen molar-refractivity contribution in [3.8, 4) is 11.5 Å². The van der Waals surface area contributed by atoms with Crippen LogP contribution in [0.2, 0.25) is 0 Å². The van der Waals surface area contributed by atoms with Crippen molar-refractivity contribution in [1.82, 2.24) is 0 Å². The first-order valence-corrected chi connectivity index (χ1v) is 8.92. The second-order valence-corrected chi connectivity index (χ2v) is 7.22. The van der Waals surface area contributed by atoms with Crippen LogP contribution in [-0.2, 0) is 20.7 Å². The molecule has 1 aliphatic carbocycles. The number of ether oxygens (including phenoxy) is 3. The molecule has 2 aliphatic rings.